The summed E-state index contributed by atoms with van der Waals surface area (Å²) in [4.78, 5) is 23.3. The summed E-state index contributed by atoms with van der Waals surface area (Å²) in [6.45, 7) is 5.91. The van der Waals surface area contributed by atoms with Crippen LogP contribution >= 0.6 is 0 Å². The van der Waals surface area contributed by atoms with Crippen LogP contribution < -0.4 is 4.90 Å². The minimum Gasteiger partial charge on any atom is -0.372 e. The number of hydrogen-bond donors (Lipinski definition) is 0. The molecule has 0 aliphatic heterocycles. The molecular weight excluding hydrogens is 232 g/mol. The third-order valence-corrected chi connectivity index (χ3v) is 2.69. The number of rotatable bonds is 7. The summed E-state index contributed by atoms with van der Waals surface area (Å²) in [5, 5.41) is 10.7. The van der Waals surface area contributed by atoms with Crippen molar-refractivity contribution in [2.24, 2.45) is 0 Å². The van der Waals surface area contributed by atoms with Gasteiger partial charge in [-0.2, -0.15) is 0 Å². The lowest BCUT2D eigenvalue weighted by molar-refractivity contribution is -0.385. The van der Waals surface area contributed by atoms with Crippen molar-refractivity contribution >= 4 is 17.7 Å². The highest BCUT2D eigenvalue weighted by atomic mass is 16.6. The van der Waals surface area contributed by atoms with E-state index < -0.39 is 4.92 Å². The maximum Gasteiger partial charge on any atom is 0.280 e. The topological polar surface area (TPSA) is 63.4 Å². The molecule has 0 radical (unpaired) electrons. The smallest absolute Gasteiger partial charge is 0.280 e. The molecule has 0 saturated carbocycles. The lowest BCUT2D eigenvalue weighted by Gasteiger charge is -2.23. The van der Waals surface area contributed by atoms with E-state index in [1.807, 2.05) is 0 Å². The van der Waals surface area contributed by atoms with E-state index in [1.54, 1.807) is 12.1 Å². The first-order chi connectivity index (χ1) is 8.63. The molecule has 0 heterocycles. The quantitative estimate of drug-likeness (QED) is 0.424. The number of nitro benzene ring substituents is 1. The van der Waals surface area contributed by atoms with Crippen LogP contribution in [0.25, 0.3) is 0 Å². The van der Waals surface area contributed by atoms with Crippen molar-refractivity contribution in [3.8, 4) is 0 Å². The number of hydrogen-bond acceptors (Lipinski definition) is 4. The lowest BCUT2D eigenvalue weighted by atomic mass is 10.1. The second-order valence-electron chi connectivity index (χ2n) is 4.11. The summed E-state index contributed by atoms with van der Waals surface area (Å²) < 4.78 is 0. The second kappa shape index (κ2) is 6.74. The molecule has 1 aromatic rings. The number of aldehydes is 1. The summed E-state index contributed by atoms with van der Waals surface area (Å²) in [5.74, 6) is 0. The molecule has 0 saturated heterocycles. The van der Waals surface area contributed by atoms with Gasteiger partial charge in [-0.1, -0.05) is 13.8 Å². The Bertz CT molecular complexity index is 426. The average molecular weight is 250 g/mol. The molecule has 0 spiro atoms. The summed E-state index contributed by atoms with van der Waals surface area (Å²) in [6.07, 6.45) is 2.53. The standard InChI is InChI=1S/C13H18N2O3/c1-3-7-14(8-4-2)12-5-6-13(15(17)18)11(9-12)10-16/h5-6,9-10H,3-4,7-8H2,1-2H3. The molecule has 0 aliphatic rings. The predicted molar refractivity (Wildman–Crippen MR) is 71.3 cm³/mol. The van der Waals surface area contributed by atoms with E-state index in [0.29, 0.717) is 6.29 Å². The zero-order valence-electron chi connectivity index (χ0n) is 10.8. The van der Waals surface area contributed by atoms with Gasteiger partial charge in [-0.05, 0) is 25.0 Å². The highest BCUT2D eigenvalue weighted by Crippen LogP contribution is 2.24. The van der Waals surface area contributed by atoms with E-state index in [4.69, 9.17) is 0 Å². The molecule has 0 N–H and O–H groups in total. The summed E-state index contributed by atoms with van der Waals surface area (Å²) in [6, 6.07) is 4.70. The fourth-order valence-electron chi connectivity index (χ4n) is 1.91. The van der Waals surface area contributed by atoms with Crippen molar-refractivity contribution in [3.05, 3.63) is 33.9 Å². The van der Waals surface area contributed by atoms with Gasteiger partial charge in [0.05, 0.1) is 10.5 Å². The normalized spacial score (nSPS) is 10.1. The third-order valence-electron chi connectivity index (χ3n) is 2.69. The Morgan fingerprint density at radius 1 is 1.28 bits per heavy atom. The summed E-state index contributed by atoms with van der Waals surface area (Å²) in [7, 11) is 0. The van der Waals surface area contributed by atoms with Gasteiger partial charge in [0.1, 0.15) is 0 Å². The highest BCUT2D eigenvalue weighted by molar-refractivity contribution is 5.83. The zero-order valence-corrected chi connectivity index (χ0v) is 10.8. The van der Waals surface area contributed by atoms with Gasteiger partial charge < -0.3 is 4.90 Å². The molecule has 0 aromatic heterocycles. The molecule has 0 unspecified atom stereocenters. The van der Waals surface area contributed by atoms with Gasteiger partial charge in [0.15, 0.2) is 6.29 Å². The van der Waals surface area contributed by atoms with Crippen molar-refractivity contribution < 1.29 is 9.72 Å². The molecule has 0 aliphatic carbocycles. The van der Waals surface area contributed by atoms with Crippen LogP contribution in [0.15, 0.2) is 18.2 Å². The highest BCUT2D eigenvalue weighted by Gasteiger charge is 2.15. The molecule has 0 amide bonds. The number of carbonyl (C=O) groups is 1. The largest absolute Gasteiger partial charge is 0.372 e. The van der Waals surface area contributed by atoms with Gasteiger partial charge in [0.25, 0.3) is 5.69 Å². The molecular formula is C13H18N2O3. The summed E-state index contributed by atoms with van der Waals surface area (Å²) >= 11 is 0. The average Bonchev–Trinajstić information content (AvgIpc) is 2.37. The Labute approximate surface area is 107 Å². The van der Waals surface area contributed by atoms with Crippen LogP contribution in [0.4, 0.5) is 11.4 Å². The van der Waals surface area contributed by atoms with E-state index in [0.717, 1.165) is 31.6 Å². The van der Waals surface area contributed by atoms with Crippen LogP contribution in [-0.4, -0.2) is 24.3 Å². The second-order valence-corrected chi connectivity index (χ2v) is 4.11. The van der Waals surface area contributed by atoms with E-state index in [-0.39, 0.29) is 11.3 Å². The van der Waals surface area contributed by atoms with Crippen LogP contribution in [0.1, 0.15) is 37.0 Å². The Kier molecular flexibility index (Phi) is 5.30. The van der Waals surface area contributed by atoms with Gasteiger partial charge in [0.2, 0.25) is 0 Å². The summed E-state index contributed by atoms with van der Waals surface area (Å²) in [5.41, 5.74) is 0.864. The van der Waals surface area contributed by atoms with E-state index in [9.17, 15) is 14.9 Å². The zero-order chi connectivity index (χ0) is 13.5. The molecule has 5 nitrogen and oxygen atoms in total. The first-order valence-corrected chi connectivity index (χ1v) is 6.12. The maximum absolute atomic E-state index is 10.9. The molecule has 18 heavy (non-hydrogen) atoms. The minimum absolute atomic E-state index is 0.134. The molecule has 0 bridgehead atoms. The van der Waals surface area contributed by atoms with Crippen molar-refractivity contribution in [2.45, 2.75) is 26.7 Å². The molecule has 0 fully saturated rings. The number of anilines is 1. The number of nitrogens with zero attached hydrogens (tertiary/aromatic N) is 2. The van der Waals surface area contributed by atoms with Crippen LogP contribution in [-0.2, 0) is 0 Å². The van der Waals surface area contributed by atoms with E-state index in [2.05, 4.69) is 18.7 Å². The van der Waals surface area contributed by atoms with E-state index >= 15 is 0 Å². The Morgan fingerprint density at radius 3 is 2.33 bits per heavy atom. The SMILES string of the molecule is CCCN(CCC)c1ccc([N+](=O)[O-])c(C=O)c1. The number of benzene rings is 1. The first-order valence-electron chi connectivity index (χ1n) is 6.12. The van der Waals surface area contributed by atoms with Crippen molar-refractivity contribution in [2.75, 3.05) is 18.0 Å². The first kappa shape index (κ1) is 14.2. The van der Waals surface area contributed by atoms with Gasteiger partial charge in [-0.3, -0.25) is 14.9 Å². The molecule has 0 atom stereocenters. The van der Waals surface area contributed by atoms with Crippen LogP contribution in [0.3, 0.4) is 0 Å². The third kappa shape index (κ3) is 3.29. The van der Waals surface area contributed by atoms with Gasteiger partial charge in [-0.25, -0.2) is 0 Å². The Morgan fingerprint density at radius 2 is 1.89 bits per heavy atom. The van der Waals surface area contributed by atoms with E-state index in [1.165, 1.54) is 6.07 Å². The van der Waals surface area contributed by atoms with Crippen LogP contribution in [0.2, 0.25) is 0 Å². The monoisotopic (exact) mass is 250 g/mol. The van der Waals surface area contributed by atoms with Crippen molar-refractivity contribution in [3.63, 3.8) is 0 Å². The fraction of sp³-hybridized carbons (Fsp3) is 0.462. The van der Waals surface area contributed by atoms with Gasteiger partial charge in [0, 0.05) is 24.8 Å². The number of carbonyl (C=O) groups excluding carboxylic acids is 1. The Hall–Kier alpha value is -1.91. The lowest BCUT2D eigenvalue weighted by Crippen LogP contribution is -2.24. The maximum atomic E-state index is 10.9. The molecule has 1 rings (SSSR count). The fourth-order valence-corrected chi connectivity index (χ4v) is 1.91. The molecule has 98 valence electrons. The van der Waals surface area contributed by atoms with Crippen molar-refractivity contribution in [1.82, 2.24) is 0 Å². The van der Waals surface area contributed by atoms with Crippen molar-refractivity contribution in [1.29, 1.82) is 0 Å². The molecule has 5 heteroatoms. The Balaban J connectivity index is 3.09. The van der Waals surface area contributed by atoms with Gasteiger partial charge >= 0.3 is 0 Å². The minimum atomic E-state index is -0.530. The molecule has 1 aromatic carbocycles. The number of nitro groups is 1. The van der Waals surface area contributed by atoms with Gasteiger partial charge in [-0.15, -0.1) is 0 Å². The van der Waals surface area contributed by atoms with Crippen LogP contribution in [0, 0.1) is 10.1 Å². The van der Waals surface area contributed by atoms with Crippen LogP contribution in [0.5, 0.6) is 0 Å². The predicted octanol–water partition coefficient (Wildman–Crippen LogP) is 3.03.